The van der Waals surface area contributed by atoms with Crippen LogP contribution in [0.2, 0.25) is 0 Å². The number of primary sulfonamides is 1. The molecule has 0 saturated heterocycles. The Bertz CT molecular complexity index is 3220. The zero-order valence-electron chi connectivity index (χ0n) is 37.6. The van der Waals surface area contributed by atoms with E-state index in [-0.39, 0.29) is 46.8 Å². The highest BCUT2D eigenvalue weighted by Gasteiger charge is 2.24. The lowest BCUT2D eigenvalue weighted by Crippen LogP contribution is -2.32. The molecule has 0 atom stereocenters. The number of nitrogens with one attached hydrogen (secondary N) is 1. The molecule has 2 heterocycles. The number of carbonyl (C=O) groups excluding carboxylic acids is 2. The van der Waals surface area contributed by atoms with Crippen molar-refractivity contribution in [2.45, 2.75) is 62.2 Å². The van der Waals surface area contributed by atoms with Gasteiger partial charge in [-0.3, -0.25) is 9.59 Å². The summed E-state index contributed by atoms with van der Waals surface area (Å²) in [6.45, 7) is 7.55. The van der Waals surface area contributed by atoms with E-state index in [4.69, 9.17) is 36.7 Å². The molecule has 6 rings (SSSR count). The fourth-order valence-corrected chi connectivity index (χ4v) is 8.38. The van der Waals surface area contributed by atoms with Gasteiger partial charge in [0, 0.05) is 30.9 Å². The van der Waals surface area contributed by atoms with Gasteiger partial charge in [0.15, 0.2) is 0 Å². The number of hydrogen-bond donors (Lipinski definition) is 2. The Labute approximate surface area is 401 Å². The zero-order chi connectivity index (χ0) is 51.4. The van der Waals surface area contributed by atoms with E-state index in [0.717, 1.165) is 53.1 Å². The van der Waals surface area contributed by atoms with Gasteiger partial charge < -0.3 is 9.47 Å². The van der Waals surface area contributed by atoms with Crippen LogP contribution in [-0.4, -0.2) is 52.2 Å². The van der Waals surface area contributed by atoms with E-state index in [2.05, 4.69) is 9.97 Å². The third kappa shape index (κ3) is 14.6. The number of nitrogens with zero attached hydrogens (tertiary/aromatic N) is 4. The summed E-state index contributed by atoms with van der Waals surface area (Å²) in [7, 11) is -5.30. The van der Waals surface area contributed by atoms with Crippen LogP contribution in [0.25, 0.3) is 22.3 Å². The summed E-state index contributed by atoms with van der Waals surface area (Å²) in [4.78, 5) is 31.6. The maximum Gasteiger partial charge on any atom is 0.264 e. The number of nitrogens with two attached hydrogens (primary N) is 1. The second kappa shape index (κ2) is 23.7. The van der Waals surface area contributed by atoms with E-state index in [1.165, 1.54) is 50.8 Å². The number of pyridine rings is 2. The van der Waals surface area contributed by atoms with E-state index < -0.39 is 59.1 Å². The number of methoxy groups -OCH3 is 2. The van der Waals surface area contributed by atoms with Crippen molar-refractivity contribution in [3.05, 3.63) is 154 Å². The van der Waals surface area contributed by atoms with Gasteiger partial charge in [0.25, 0.3) is 10.0 Å². The molecule has 3 N–H and O–H groups in total. The molecule has 0 fully saturated rings. The van der Waals surface area contributed by atoms with Crippen LogP contribution in [0.1, 0.15) is 72.9 Å². The third-order valence-corrected chi connectivity index (χ3v) is 12.3. The van der Waals surface area contributed by atoms with Gasteiger partial charge in [-0.25, -0.2) is 54.2 Å². The van der Waals surface area contributed by atoms with Crippen LogP contribution in [-0.2, 0) is 42.5 Å². The first-order chi connectivity index (χ1) is 32.4. The number of ether oxygens (including phenoxy) is 2. The number of benzene rings is 4. The Balaban J connectivity index is 0.000000252. The highest BCUT2D eigenvalue weighted by Crippen LogP contribution is 2.35. The fraction of sp³-hybridized carbons (Fsp3) is 0.208. The molecule has 0 aliphatic rings. The fourth-order valence-electron chi connectivity index (χ4n) is 6.70. The third-order valence-electron chi connectivity index (χ3n) is 9.91. The molecule has 0 saturated carbocycles. The standard InChI is InChI=1S/C24H21F2N3O4S.C17H17ClFNO2.C7H5FN2O2S/c1-14(2)19-10-17(25)11-20(15-6-7-28-24(9-15)33-3)21(19)12-23(30)29-34(31,32)18-4-5-22(26)16(8-18)13-27;1-10(2)13-7-12(19)8-14(15(13)9-16(18)21)11-4-5-20-17(6-11)22-3;8-7-2-1-6(13(10,11)12)3-5(7)4-9/h4-11,14H,12H2,1-3H3,(H,29,30);4-8,10H,9H2,1-3H3;1-3H,(H2,10,11,12). The molecule has 0 aliphatic carbocycles. The number of sulfonamides is 2. The minimum atomic E-state index is -4.38. The van der Waals surface area contributed by atoms with Gasteiger partial charge in [0.1, 0.15) is 35.4 Å². The number of hydrogen-bond acceptors (Lipinski definition) is 12. The molecule has 0 radical (unpaired) electrons. The summed E-state index contributed by atoms with van der Waals surface area (Å²) in [5, 5.41) is 21.6. The van der Waals surface area contributed by atoms with Crippen LogP contribution in [0.15, 0.2) is 107 Å². The van der Waals surface area contributed by atoms with Crippen molar-refractivity contribution < 1.29 is 53.5 Å². The lowest BCUT2D eigenvalue weighted by molar-refractivity contribution is -0.118. The number of rotatable bonds is 13. The molecule has 0 bridgehead atoms. The molecule has 360 valence electrons. The zero-order valence-corrected chi connectivity index (χ0v) is 40.0. The van der Waals surface area contributed by atoms with Crippen LogP contribution in [0, 0.1) is 45.9 Å². The molecule has 2 aromatic heterocycles. The largest absolute Gasteiger partial charge is 0.481 e. The summed E-state index contributed by atoms with van der Waals surface area (Å²) in [6, 6.07) is 20.6. The lowest BCUT2D eigenvalue weighted by atomic mass is 9.88. The minimum Gasteiger partial charge on any atom is -0.481 e. The Morgan fingerprint density at radius 2 is 1.09 bits per heavy atom. The molecule has 0 aliphatic heterocycles. The molecule has 69 heavy (non-hydrogen) atoms. The topological polar surface area (TPSA) is 232 Å². The van der Waals surface area contributed by atoms with Gasteiger partial charge in [-0.15, -0.1) is 0 Å². The summed E-state index contributed by atoms with van der Waals surface area (Å²) in [5.41, 5.74) is 3.99. The SMILES string of the molecule is COc1cc(-c2cc(F)cc(C(C)C)c2CC(=O)Cl)ccn1.COc1cc(-c2cc(F)cc(C(C)C)c2CC(=O)NS(=O)(=O)c2ccc(F)c(C#N)c2)ccn1.N#Cc1cc(S(N)(=O)=O)ccc1F. The summed E-state index contributed by atoms with van der Waals surface area (Å²) >= 11 is 5.58. The maximum absolute atomic E-state index is 14.5. The van der Waals surface area contributed by atoms with Crippen LogP contribution in [0.4, 0.5) is 17.6 Å². The first-order valence-electron chi connectivity index (χ1n) is 20.2. The van der Waals surface area contributed by atoms with E-state index in [1.807, 2.05) is 32.4 Å². The van der Waals surface area contributed by atoms with Gasteiger partial charge in [0.05, 0.1) is 41.6 Å². The van der Waals surface area contributed by atoms with Gasteiger partial charge in [0.2, 0.25) is 32.9 Å². The Morgan fingerprint density at radius 3 is 1.48 bits per heavy atom. The number of aromatic nitrogens is 2. The van der Waals surface area contributed by atoms with Crippen LogP contribution < -0.4 is 19.3 Å². The molecule has 21 heteroatoms. The maximum atomic E-state index is 14.5. The smallest absolute Gasteiger partial charge is 0.264 e. The predicted octanol–water partition coefficient (Wildman–Crippen LogP) is 8.75. The van der Waals surface area contributed by atoms with Crippen molar-refractivity contribution in [2.75, 3.05) is 14.2 Å². The van der Waals surface area contributed by atoms with Gasteiger partial charge in [-0.2, -0.15) is 10.5 Å². The van der Waals surface area contributed by atoms with Gasteiger partial charge in [-0.1, -0.05) is 27.7 Å². The van der Waals surface area contributed by atoms with Crippen molar-refractivity contribution >= 4 is 42.8 Å². The Morgan fingerprint density at radius 1 is 0.667 bits per heavy atom. The molecule has 4 aromatic carbocycles. The molecule has 0 spiro atoms. The van der Waals surface area contributed by atoms with E-state index in [9.17, 15) is 44.0 Å². The predicted molar refractivity (Wildman–Crippen MR) is 248 cm³/mol. The normalized spacial score (nSPS) is 11.0. The average molecular weight is 1010 g/mol. The first kappa shape index (κ1) is 54.4. The Hall–Kier alpha value is -7.23. The number of nitriles is 2. The van der Waals surface area contributed by atoms with Gasteiger partial charge >= 0.3 is 0 Å². The Kier molecular flexibility index (Phi) is 18.7. The van der Waals surface area contributed by atoms with Crippen molar-refractivity contribution in [3.8, 4) is 46.2 Å². The average Bonchev–Trinajstić information content (AvgIpc) is 3.29. The molecular formula is C48H43ClF4N6O8S2. The van der Waals surface area contributed by atoms with Crippen molar-refractivity contribution in [1.29, 1.82) is 10.5 Å². The molecule has 6 aromatic rings. The highest BCUT2D eigenvalue weighted by molar-refractivity contribution is 7.90. The number of amides is 1. The number of halogens is 5. The minimum absolute atomic E-state index is 0.0509. The van der Waals surface area contributed by atoms with Crippen LogP contribution >= 0.6 is 11.6 Å². The van der Waals surface area contributed by atoms with Gasteiger partial charge in [-0.05, 0) is 141 Å². The second-order valence-electron chi connectivity index (χ2n) is 15.3. The first-order valence-corrected chi connectivity index (χ1v) is 23.6. The van der Waals surface area contributed by atoms with Crippen LogP contribution in [0.3, 0.4) is 0 Å². The van der Waals surface area contributed by atoms with Crippen molar-refractivity contribution in [2.24, 2.45) is 5.14 Å². The van der Waals surface area contributed by atoms with Crippen molar-refractivity contribution in [3.63, 3.8) is 0 Å². The van der Waals surface area contributed by atoms with Crippen molar-refractivity contribution in [1.82, 2.24) is 14.7 Å². The molecule has 0 unspecified atom stereocenters. The number of carbonyl (C=O) groups is 2. The van der Waals surface area contributed by atoms with E-state index >= 15 is 0 Å². The molecule has 14 nitrogen and oxygen atoms in total. The summed E-state index contributed by atoms with van der Waals surface area (Å²) in [5.74, 6) is -2.77. The molecule has 1 amide bonds. The lowest BCUT2D eigenvalue weighted by Gasteiger charge is -2.18. The summed E-state index contributed by atoms with van der Waals surface area (Å²) < 4.78 is 114. The van der Waals surface area contributed by atoms with E-state index in [0.29, 0.717) is 33.7 Å². The monoisotopic (exact) mass is 1010 g/mol. The van der Waals surface area contributed by atoms with Crippen LogP contribution in [0.5, 0.6) is 11.8 Å². The van der Waals surface area contributed by atoms with E-state index in [1.54, 1.807) is 36.5 Å². The molecular weight excluding hydrogens is 964 g/mol. The second-order valence-corrected chi connectivity index (χ2v) is 19.0. The highest BCUT2D eigenvalue weighted by atomic mass is 35.5. The summed E-state index contributed by atoms with van der Waals surface area (Å²) in [6.07, 6.45) is 2.73. The quantitative estimate of drug-likeness (QED) is 0.0817.